The first kappa shape index (κ1) is 12.9. The molecular weight excluding hydrogens is 270 g/mol. The first-order chi connectivity index (χ1) is 10.7. The molecule has 0 unspecified atom stereocenters. The predicted octanol–water partition coefficient (Wildman–Crippen LogP) is 5.02. The number of fused-ring (bicyclic) bond motifs is 2. The Morgan fingerprint density at radius 2 is 1.91 bits per heavy atom. The summed E-state index contributed by atoms with van der Waals surface area (Å²) in [6.45, 7) is 4.22. The van der Waals surface area contributed by atoms with Crippen LogP contribution in [-0.2, 0) is 0 Å². The van der Waals surface area contributed by atoms with E-state index in [0.717, 1.165) is 22.4 Å². The smallest absolute Gasteiger partial charge is 0.0874 e. The van der Waals surface area contributed by atoms with Crippen LogP contribution in [0.3, 0.4) is 0 Å². The van der Waals surface area contributed by atoms with Gasteiger partial charge in [-0.15, -0.1) is 0 Å². The highest BCUT2D eigenvalue weighted by Crippen LogP contribution is 2.27. The lowest BCUT2D eigenvalue weighted by molar-refractivity contribution is 1.37. The summed E-state index contributed by atoms with van der Waals surface area (Å²) in [5.41, 5.74) is 6.70. The van der Waals surface area contributed by atoms with Gasteiger partial charge in [0.15, 0.2) is 0 Å². The summed E-state index contributed by atoms with van der Waals surface area (Å²) >= 11 is 0. The normalized spacial score (nSPS) is 11.9. The Morgan fingerprint density at radius 1 is 1.05 bits per heavy atom. The number of aromatic amines is 2. The van der Waals surface area contributed by atoms with Gasteiger partial charge in [0.2, 0.25) is 0 Å². The quantitative estimate of drug-likeness (QED) is 0.486. The number of para-hydroxylation sites is 1. The summed E-state index contributed by atoms with van der Waals surface area (Å²) in [5, 5.41) is 2.44. The number of nitrogens with zero attached hydrogens (tertiary/aromatic N) is 1. The van der Waals surface area contributed by atoms with E-state index in [1.54, 1.807) is 0 Å². The van der Waals surface area contributed by atoms with Crippen molar-refractivity contribution in [2.45, 2.75) is 13.8 Å². The van der Waals surface area contributed by atoms with Crippen molar-refractivity contribution in [1.29, 1.82) is 0 Å². The van der Waals surface area contributed by atoms with Crippen molar-refractivity contribution in [1.82, 2.24) is 9.97 Å². The predicted molar refractivity (Wildman–Crippen MR) is 93.3 cm³/mol. The lowest BCUT2D eigenvalue weighted by Gasteiger charge is -2.00. The molecule has 2 aromatic carbocycles. The maximum absolute atomic E-state index is 4.71. The fourth-order valence-corrected chi connectivity index (χ4v) is 2.97. The number of nitrogens with one attached hydrogen (secondary N) is 2. The van der Waals surface area contributed by atoms with E-state index in [-0.39, 0.29) is 0 Å². The Kier molecular flexibility index (Phi) is 2.86. The van der Waals surface area contributed by atoms with Crippen LogP contribution >= 0.6 is 0 Å². The van der Waals surface area contributed by atoms with Gasteiger partial charge in [0.05, 0.1) is 23.1 Å². The first-order valence-electron chi connectivity index (χ1n) is 7.41. The van der Waals surface area contributed by atoms with E-state index >= 15 is 0 Å². The van der Waals surface area contributed by atoms with Crippen LogP contribution in [-0.4, -0.2) is 16.2 Å². The van der Waals surface area contributed by atoms with E-state index < -0.39 is 0 Å². The van der Waals surface area contributed by atoms with Crippen LogP contribution in [0, 0.1) is 13.8 Å². The molecule has 0 fully saturated rings. The molecule has 3 nitrogen and oxygen atoms in total. The monoisotopic (exact) mass is 287 g/mol. The fourth-order valence-electron chi connectivity index (χ4n) is 2.97. The van der Waals surface area contributed by atoms with Crippen LogP contribution in [0.2, 0.25) is 0 Å². The second-order valence-corrected chi connectivity index (χ2v) is 5.69. The highest BCUT2D eigenvalue weighted by molar-refractivity contribution is 5.97. The third kappa shape index (κ3) is 2.02. The minimum atomic E-state index is 0.970. The molecule has 2 heterocycles. The van der Waals surface area contributed by atoms with Crippen molar-refractivity contribution in [2.75, 3.05) is 0 Å². The van der Waals surface area contributed by atoms with Crippen LogP contribution < -0.4 is 0 Å². The maximum atomic E-state index is 4.71. The van der Waals surface area contributed by atoms with Crippen molar-refractivity contribution in [3.05, 3.63) is 65.5 Å². The number of H-pyrrole nitrogens is 2. The highest BCUT2D eigenvalue weighted by Gasteiger charge is 2.06. The van der Waals surface area contributed by atoms with E-state index in [4.69, 9.17) is 4.99 Å². The minimum Gasteiger partial charge on any atom is -0.359 e. The Bertz CT molecular complexity index is 1000. The summed E-state index contributed by atoms with van der Waals surface area (Å²) in [6, 6.07) is 14.7. The van der Waals surface area contributed by atoms with Gasteiger partial charge in [-0.2, -0.15) is 0 Å². The van der Waals surface area contributed by atoms with Crippen LogP contribution in [0.25, 0.3) is 21.8 Å². The maximum Gasteiger partial charge on any atom is 0.0874 e. The minimum absolute atomic E-state index is 0.970. The van der Waals surface area contributed by atoms with Crippen molar-refractivity contribution in [3.8, 4) is 0 Å². The van der Waals surface area contributed by atoms with Gasteiger partial charge >= 0.3 is 0 Å². The Labute approximate surface area is 128 Å². The molecule has 0 aliphatic rings. The fraction of sp³-hybridized carbons (Fsp3) is 0.105. The number of benzene rings is 2. The van der Waals surface area contributed by atoms with Crippen molar-refractivity contribution >= 4 is 33.7 Å². The van der Waals surface area contributed by atoms with Gasteiger partial charge in [0, 0.05) is 22.5 Å². The molecule has 0 aliphatic carbocycles. The average Bonchev–Trinajstić information content (AvgIpc) is 3.10. The van der Waals surface area contributed by atoms with Crippen molar-refractivity contribution in [2.24, 2.45) is 4.99 Å². The summed E-state index contributed by atoms with van der Waals surface area (Å²) in [4.78, 5) is 11.4. The Balaban J connectivity index is 1.82. The van der Waals surface area contributed by atoms with Gasteiger partial charge in [-0.25, -0.2) is 0 Å². The molecule has 2 aromatic heterocycles. The molecule has 0 amide bonds. The van der Waals surface area contributed by atoms with Gasteiger partial charge in [0.25, 0.3) is 0 Å². The molecule has 0 bridgehead atoms. The molecule has 2 N–H and O–H groups in total. The van der Waals surface area contributed by atoms with E-state index in [1.807, 2.05) is 18.5 Å². The zero-order valence-electron chi connectivity index (χ0n) is 12.6. The topological polar surface area (TPSA) is 43.9 Å². The zero-order valence-corrected chi connectivity index (χ0v) is 12.6. The third-order valence-corrected chi connectivity index (χ3v) is 4.12. The van der Waals surface area contributed by atoms with Crippen LogP contribution in [0.5, 0.6) is 0 Å². The van der Waals surface area contributed by atoms with E-state index in [1.165, 1.54) is 21.9 Å². The van der Waals surface area contributed by atoms with Crippen LogP contribution in [0.4, 0.5) is 5.69 Å². The molecule has 0 saturated carbocycles. The molecule has 3 heteroatoms. The number of aromatic nitrogens is 2. The van der Waals surface area contributed by atoms with Crippen LogP contribution in [0.15, 0.2) is 53.7 Å². The largest absolute Gasteiger partial charge is 0.359 e. The summed E-state index contributed by atoms with van der Waals surface area (Å²) in [7, 11) is 0. The molecule has 108 valence electrons. The van der Waals surface area contributed by atoms with E-state index in [2.05, 4.69) is 60.2 Å². The average molecular weight is 287 g/mol. The summed E-state index contributed by atoms with van der Waals surface area (Å²) in [6.07, 6.45) is 3.88. The van der Waals surface area contributed by atoms with E-state index in [0.29, 0.717) is 0 Å². The summed E-state index contributed by atoms with van der Waals surface area (Å²) < 4.78 is 0. The molecular formula is C19H17N3. The molecule has 0 spiro atoms. The third-order valence-electron chi connectivity index (χ3n) is 4.12. The molecule has 0 atom stereocenters. The van der Waals surface area contributed by atoms with Gasteiger partial charge in [0.1, 0.15) is 0 Å². The standard InChI is InChI=1S/C19H17N3/c1-12-9-14-7-8-20-19(14)17(10-12)21-11-18-13(2)15-5-3-4-6-16(15)22-18/h3-11,20,22H,1-2H3. The Hall–Kier alpha value is -2.81. The highest BCUT2D eigenvalue weighted by atomic mass is 14.8. The number of rotatable bonds is 2. The van der Waals surface area contributed by atoms with Crippen LogP contribution in [0.1, 0.15) is 16.8 Å². The number of aliphatic imine (C=N–C) groups is 1. The SMILES string of the molecule is Cc1cc(N=Cc2[nH]c3ccccc3c2C)c2[nH]ccc2c1. The second kappa shape index (κ2) is 4.88. The van der Waals surface area contributed by atoms with Crippen molar-refractivity contribution in [3.63, 3.8) is 0 Å². The summed E-state index contributed by atoms with van der Waals surface area (Å²) in [5.74, 6) is 0. The number of hydrogen-bond acceptors (Lipinski definition) is 1. The Morgan fingerprint density at radius 3 is 2.77 bits per heavy atom. The molecule has 22 heavy (non-hydrogen) atoms. The lowest BCUT2D eigenvalue weighted by Crippen LogP contribution is -1.84. The molecule has 0 saturated heterocycles. The first-order valence-corrected chi connectivity index (χ1v) is 7.41. The lowest BCUT2D eigenvalue weighted by atomic mass is 10.1. The number of hydrogen-bond donors (Lipinski definition) is 2. The second-order valence-electron chi connectivity index (χ2n) is 5.69. The molecule has 0 radical (unpaired) electrons. The molecule has 4 aromatic rings. The van der Waals surface area contributed by atoms with Gasteiger partial charge in [-0.3, -0.25) is 4.99 Å². The molecule has 4 rings (SSSR count). The van der Waals surface area contributed by atoms with Crippen molar-refractivity contribution < 1.29 is 0 Å². The van der Waals surface area contributed by atoms with Gasteiger partial charge in [-0.1, -0.05) is 18.2 Å². The molecule has 0 aliphatic heterocycles. The van der Waals surface area contributed by atoms with Gasteiger partial charge < -0.3 is 9.97 Å². The van der Waals surface area contributed by atoms with Gasteiger partial charge in [-0.05, 0) is 49.2 Å². The van der Waals surface area contributed by atoms with E-state index in [9.17, 15) is 0 Å². The zero-order chi connectivity index (χ0) is 15.1. The number of aryl methyl sites for hydroxylation is 2.